The lowest BCUT2D eigenvalue weighted by atomic mass is 10.0. The first kappa shape index (κ1) is 18.1. The third-order valence-corrected chi connectivity index (χ3v) is 3.43. The zero-order valence-electron chi connectivity index (χ0n) is 12.6. The second-order valence-corrected chi connectivity index (χ2v) is 5.12. The van der Waals surface area contributed by atoms with Crippen LogP contribution in [0.5, 0.6) is 5.75 Å². The molecule has 2 rings (SSSR count). The molecule has 1 aromatic heterocycles. The summed E-state index contributed by atoms with van der Waals surface area (Å²) >= 11 is 0. The molecule has 0 radical (unpaired) electrons. The highest BCUT2D eigenvalue weighted by Crippen LogP contribution is 2.29. The van der Waals surface area contributed by atoms with E-state index in [2.05, 4.69) is 9.72 Å². The third-order valence-electron chi connectivity index (χ3n) is 3.43. The molecule has 24 heavy (non-hydrogen) atoms. The van der Waals surface area contributed by atoms with Gasteiger partial charge in [0.15, 0.2) is 17.4 Å². The summed E-state index contributed by atoms with van der Waals surface area (Å²) in [7, 11) is 1.12. The van der Waals surface area contributed by atoms with Crippen molar-refractivity contribution in [3.8, 4) is 5.75 Å². The van der Waals surface area contributed by atoms with Gasteiger partial charge in [-0.3, -0.25) is 4.98 Å². The van der Waals surface area contributed by atoms with Gasteiger partial charge in [0.2, 0.25) is 0 Å². The monoisotopic (exact) mass is 347 g/mol. The Kier molecular flexibility index (Phi) is 5.38. The Labute approximate surface area is 134 Å². The highest BCUT2D eigenvalue weighted by molar-refractivity contribution is 5.32. The first-order valence-corrected chi connectivity index (χ1v) is 6.95. The van der Waals surface area contributed by atoms with E-state index in [1.54, 1.807) is 0 Å². The highest BCUT2D eigenvalue weighted by atomic mass is 19.4. The van der Waals surface area contributed by atoms with Crippen LogP contribution in [0.3, 0.4) is 0 Å². The first-order valence-electron chi connectivity index (χ1n) is 6.95. The first-order chi connectivity index (χ1) is 11.2. The number of aryl methyl sites for hydroxylation is 1. The molecule has 0 aliphatic heterocycles. The van der Waals surface area contributed by atoms with E-state index in [1.165, 1.54) is 6.07 Å². The Morgan fingerprint density at radius 2 is 1.79 bits per heavy atom. The number of halogens is 5. The van der Waals surface area contributed by atoms with Gasteiger partial charge < -0.3 is 9.84 Å². The van der Waals surface area contributed by atoms with E-state index >= 15 is 0 Å². The molecular weight excluding hydrogens is 333 g/mol. The quantitative estimate of drug-likeness (QED) is 0.830. The summed E-state index contributed by atoms with van der Waals surface area (Å²) in [6, 6.07) is 4.00. The maximum atomic E-state index is 13.6. The van der Waals surface area contributed by atoms with Crippen molar-refractivity contribution in [2.75, 3.05) is 7.11 Å². The summed E-state index contributed by atoms with van der Waals surface area (Å²) in [4.78, 5) is 3.31. The van der Waals surface area contributed by atoms with Crippen molar-refractivity contribution in [1.29, 1.82) is 0 Å². The van der Waals surface area contributed by atoms with E-state index < -0.39 is 35.4 Å². The summed E-state index contributed by atoms with van der Waals surface area (Å²) in [6.07, 6.45) is -4.37. The van der Waals surface area contributed by atoms with Crippen LogP contribution < -0.4 is 4.74 Å². The zero-order chi connectivity index (χ0) is 17.9. The van der Waals surface area contributed by atoms with Crippen molar-refractivity contribution in [2.45, 2.75) is 25.1 Å². The Hall–Kier alpha value is -2.22. The minimum absolute atomic E-state index is 0.0191. The van der Waals surface area contributed by atoms with Gasteiger partial charge in [0, 0.05) is 6.20 Å². The van der Waals surface area contributed by atoms with E-state index in [-0.39, 0.29) is 18.4 Å². The summed E-state index contributed by atoms with van der Waals surface area (Å²) in [6.45, 7) is 0. The molecule has 0 saturated heterocycles. The molecule has 0 saturated carbocycles. The Morgan fingerprint density at radius 1 is 1.17 bits per heavy atom. The van der Waals surface area contributed by atoms with Crippen molar-refractivity contribution >= 4 is 0 Å². The number of aromatic nitrogens is 1. The van der Waals surface area contributed by atoms with Crippen molar-refractivity contribution in [2.24, 2.45) is 0 Å². The molecule has 0 aliphatic carbocycles. The lowest BCUT2D eigenvalue weighted by molar-refractivity contribution is -0.141. The Bertz CT molecular complexity index is 678. The maximum absolute atomic E-state index is 13.6. The van der Waals surface area contributed by atoms with E-state index in [1.807, 2.05) is 0 Å². The molecule has 0 fully saturated rings. The number of hydrogen-bond donors (Lipinski definition) is 1. The number of nitrogens with zero attached hydrogens (tertiary/aromatic N) is 1. The van der Waals surface area contributed by atoms with Crippen LogP contribution in [0.1, 0.15) is 29.3 Å². The highest BCUT2D eigenvalue weighted by Gasteiger charge is 2.32. The van der Waals surface area contributed by atoms with Gasteiger partial charge in [-0.2, -0.15) is 13.2 Å². The Balaban J connectivity index is 2.04. The molecule has 130 valence electrons. The molecule has 3 nitrogen and oxygen atoms in total. The molecule has 0 aliphatic rings. The van der Waals surface area contributed by atoms with Gasteiger partial charge in [-0.25, -0.2) is 8.78 Å². The molecule has 1 unspecified atom stereocenters. The van der Waals surface area contributed by atoms with Crippen LogP contribution in [-0.2, 0) is 12.6 Å². The molecule has 0 amide bonds. The minimum Gasteiger partial charge on any atom is -0.491 e. The molecule has 2 aromatic rings. The van der Waals surface area contributed by atoms with Crippen LogP contribution in [0, 0.1) is 11.6 Å². The molecule has 0 spiro atoms. The van der Waals surface area contributed by atoms with Crippen molar-refractivity contribution in [3.63, 3.8) is 0 Å². The van der Waals surface area contributed by atoms with Gasteiger partial charge in [0.05, 0.1) is 13.2 Å². The number of pyridine rings is 1. The van der Waals surface area contributed by atoms with Crippen molar-refractivity contribution < 1.29 is 31.8 Å². The van der Waals surface area contributed by atoms with Crippen LogP contribution in [0.15, 0.2) is 30.5 Å². The second-order valence-electron chi connectivity index (χ2n) is 5.12. The lowest BCUT2D eigenvalue weighted by Gasteiger charge is -2.13. The van der Waals surface area contributed by atoms with Gasteiger partial charge in [0.1, 0.15) is 5.69 Å². The predicted molar refractivity (Wildman–Crippen MR) is 75.4 cm³/mol. The second kappa shape index (κ2) is 7.12. The van der Waals surface area contributed by atoms with Crippen LogP contribution >= 0.6 is 0 Å². The molecule has 1 atom stereocenters. The van der Waals surface area contributed by atoms with E-state index in [0.717, 1.165) is 31.5 Å². The number of ether oxygens (including phenoxy) is 1. The largest absolute Gasteiger partial charge is 0.491 e. The fourth-order valence-corrected chi connectivity index (χ4v) is 2.18. The van der Waals surface area contributed by atoms with Gasteiger partial charge in [-0.05, 0) is 42.2 Å². The normalized spacial score (nSPS) is 13.0. The van der Waals surface area contributed by atoms with Gasteiger partial charge in [0.25, 0.3) is 0 Å². The zero-order valence-corrected chi connectivity index (χ0v) is 12.6. The number of aliphatic hydroxyl groups excluding tert-OH is 1. The van der Waals surface area contributed by atoms with E-state index in [4.69, 9.17) is 0 Å². The van der Waals surface area contributed by atoms with Gasteiger partial charge >= 0.3 is 6.18 Å². The van der Waals surface area contributed by atoms with Crippen LogP contribution in [0.4, 0.5) is 22.0 Å². The van der Waals surface area contributed by atoms with Crippen molar-refractivity contribution in [1.82, 2.24) is 4.98 Å². The lowest BCUT2D eigenvalue weighted by Crippen LogP contribution is -2.08. The fourth-order valence-electron chi connectivity index (χ4n) is 2.18. The van der Waals surface area contributed by atoms with E-state index in [0.29, 0.717) is 5.56 Å². The SMILES string of the molecule is COc1c(F)cc(C(O)CCc2ccc(C(F)(F)F)nc2)cc1F. The number of rotatable bonds is 5. The molecule has 1 aromatic carbocycles. The standard InChI is InChI=1S/C16H14F5NO2/c1-24-15-11(17)6-10(7-12(15)18)13(23)4-2-9-3-5-14(22-8-9)16(19,20)21/h3,5-8,13,23H,2,4H2,1H3. The topological polar surface area (TPSA) is 42.4 Å². The molecule has 0 bridgehead atoms. The number of hydrogen-bond acceptors (Lipinski definition) is 3. The predicted octanol–water partition coefficient (Wildman–Crippen LogP) is 4.05. The van der Waals surface area contributed by atoms with Crippen LogP contribution in [0.25, 0.3) is 0 Å². The number of methoxy groups -OCH3 is 1. The van der Waals surface area contributed by atoms with Crippen LogP contribution in [-0.4, -0.2) is 17.2 Å². The molecule has 8 heteroatoms. The third kappa shape index (κ3) is 4.19. The smallest absolute Gasteiger partial charge is 0.433 e. The number of alkyl halides is 3. The summed E-state index contributed by atoms with van der Waals surface area (Å²) < 4.78 is 69.0. The average molecular weight is 347 g/mol. The van der Waals surface area contributed by atoms with Gasteiger partial charge in [-0.1, -0.05) is 6.07 Å². The average Bonchev–Trinajstić information content (AvgIpc) is 2.51. The number of benzene rings is 1. The maximum Gasteiger partial charge on any atom is 0.433 e. The molecule has 1 heterocycles. The summed E-state index contributed by atoms with van der Waals surface area (Å²) in [5.74, 6) is -2.43. The van der Waals surface area contributed by atoms with Crippen LogP contribution in [0.2, 0.25) is 0 Å². The summed E-state index contributed by atoms with van der Waals surface area (Å²) in [5, 5.41) is 10.0. The van der Waals surface area contributed by atoms with Crippen molar-refractivity contribution in [3.05, 3.63) is 58.9 Å². The minimum atomic E-state index is -4.52. The van der Waals surface area contributed by atoms with Gasteiger partial charge in [-0.15, -0.1) is 0 Å². The molecular formula is C16H14F5NO2. The van der Waals surface area contributed by atoms with E-state index in [9.17, 15) is 27.1 Å². The molecule has 1 N–H and O–H groups in total. The summed E-state index contributed by atoms with van der Waals surface area (Å²) in [5.41, 5.74) is -0.520. The number of aliphatic hydroxyl groups is 1. The fraction of sp³-hybridized carbons (Fsp3) is 0.312. The Morgan fingerprint density at radius 3 is 2.25 bits per heavy atom.